The molecule has 6 nitrogen and oxygen atoms in total. The lowest BCUT2D eigenvalue weighted by Gasteiger charge is -2.26. The van der Waals surface area contributed by atoms with Crippen LogP contribution in [0.4, 0.5) is 4.79 Å². The van der Waals surface area contributed by atoms with E-state index in [0.29, 0.717) is 31.0 Å². The summed E-state index contributed by atoms with van der Waals surface area (Å²) in [5.41, 5.74) is 0.543. The van der Waals surface area contributed by atoms with Crippen LogP contribution in [0.1, 0.15) is 39.7 Å². The zero-order valence-corrected chi connectivity index (χ0v) is 16.3. The molecule has 0 spiro atoms. The number of amides is 1. The van der Waals surface area contributed by atoms with Gasteiger partial charge in [0.1, 0.15) is 5.60 Å². The van der Waals surface area contributed by atoms with Crippen LogP contribution in [0.15, 0.2) is 29.2 Å². The van der Waals surface area contributed by atoms with Crippen molar-refractivity contribution in [3.63, 3.8) is 0 Å². The molecular weight excluding hydrogens is 340 g/mol. The van der Waals surface area contributed by atoms with Crippen molar-refractivity contribution in [1.29, 1.82) is 0 Å². The summed E-state index contributed by atoms with van der Waals surface area (Å²) in [4.78, 5) is 14.1. The van der Waals surface area contributed by atoms with Gasteiger partial charge < -0.3 is 9.64 Å². The van der Waals surface area contributed by atoms with E-state index in [1.807, 2.05) is 39.8 Å². The molecule has 0 unspecified atom stereocenters. The number of carbonyl (C=O) groups excluding carboxylic acids is 1. The maximum atomic E-state index is 12.8. The summed E-state index contributed by atoms with van der Waals surface area (Å²) in [6.07, 6.45) is 1.07. The third-order valence-corrected chi connectivity index (χ3v) is 5.99. The number of rotatable bonds is 3. The summed E-state index contributed by atoms with van der Waals surface area (Å²) in [7, 11) is -3.54. The van der Waals surface area contributed by atoms with Crippen LogP contribution in [0.25, 0.3) is 0 Å². The van der Waals surface area contributed by atoms with E-state index in [0.717, 1.165) is 12.0 Å². The van der Waals surface area contributed by atoms with Crippen LogP contribution < -0.4 is 0 Å². The Labute approximate surface area is 150 Å². The van der Waals surface area contributed by atoms with Crippen LogP contribution in [-0.4, -0.2) is 55.5 Å². The molecule has 1 aromatic carbocycles. The van der Waals surface area contributed by atoms with Gasteiger partial charge in [0.05, 0.1) is 4.90 Å². The lowest BCUT2D eigenvalue weighted by atomic mass is 10.2. The predicted octanol–water partition coefficient (Wildman–Crippen LogP) is 2.88. The average molecular weight is 368 g/mol. The minimum atomic E-state index is -3.54. The van der Waals surface area contributed by atoms with Crippen molar-refractivity contribution < 1.29 is 17.9 Å². The van der Waals surface area contributed by atoms with Crippen LogP contribution in [0.3, 0.4) is 0 Å². The summed E-state index contributed by atoms with van der Waals surface area (Å²) < 4.78 is 32.5. The fourth-order valence-corrected chi connectivity index (χ4v) is 4.16. The number of aryl methyl sites for hydroxylation is 1. The van der Waals surface area contributed by atoms with Crippen LogP contribution >= 0.6 is 0 Å². The van der Waals surface area contributed by atoms with Gasteiger partial charge in [0.25, 0.3) is 0 Å². The van der Waals surface area contributed by atoms with Gasteiger partial charge in [-0.15, -0.1) is 0 Å². The van der Waals surface area contributed by atoms with Crippen molar-refractivity contribution in [2.75, 3.05) is 26.2 Å². The van der Waals surface area contributed by atoms with E-state index in [9.17, 15) is 13.2 Å². The lowest BCUT2D eigenvalue weighted by molar-refractivity contribution is 0.0260. The highest BCUT2D eigenvalue weighted by molar-refractivity contribution is 7.89. The van der Waals surface area contributed by atoms with Gasteiger partial charge in [0, 0.05) is 26.2 Å². The van der Waals surface area contributed by atoms with Crippen LogP contribution in [0.2, 0.25) is 0 Å². The highest BCUT2D eigenvalue weighted by Crippen LogP contribution is 2.19. The van der Waals surface area contributed by atoms with E-state index < -0.39 is 15.6 Å². The normalized spacial score (nSPS) is 17.2. The Balaban J connectivity index is 2.07. The number of benzene rings is 1. The number of ether oxygens (including phenoxy) is 1. The molecule has 25 heavy (non-hydrogen) atoms. The minimum Gasteiger partial charge on any atom is -0.444 e. The molecule has 0 radical (unpaired) electrons. The van der Waals surface area contributed by atoms with E-state index >= 15 is 0 Å². The highest BCUT2D eigenvalue weighted by Gasteiger charge is 2.29. The molecular formula is C18H28N2O4S. The van der Waals surface area contributed by atoms with Crippen LogP contribution in [0, 0.1) is 0 Å². The Kier molecular flexibility index (Phi) is 6.11. The van der Waals surface area contributed by atoms with Crippen molar-refractivity contribution in [1.82, 2.24) is 9.21 Å². The third kappa shape index (κ3) is 5.19. The predicted molar refractivity (Wildman–Crippen MR) is 97.0 cm³/mol. The van der Waals surface area contributed by atoms with Crippen molar-refractivity contribution in [2.24, 2.45) is 0 Å². The van der Waals surface area contributed by atoms with E-state index in [4.69, 9.17) is 4.74 Å². The fourth-order valence-electron chi connectivity index (χ4n) is 2.69. The minimum absolute atomic E-state index is 0.275. The van der Waals surface area contributed by atoms with Crippen molar-refractivity contribution >= 4 is 16.1 Å². The van der Waals surface area contributed by atoms with E-state index in [1.165, 1.54) is 4.31 Å². The average Bonchev–Trinajstić information content (AvgIpc) is 2.80. The summed E-state index contributed by atoms with van der Waals surface area (Å²) in [5.74, 6) is 0. The van der Waals surface area contributed by atoms with E-state index in [1.54, 1.807) is 17.0 Å². The molecule has 0 saturated carbocycles. The van der Waals surface area contributed by atoms with Crippen LogP contribution in [0.5, 0.6) is 0 Å². The summed E-state index contributed by atoms with van der Waals surface area (Å²) >= 11 is 0. The Morgan fingerprint density at radius 1 is 1.08 bits per heavy atom. The molecule has 140 valence electrons. The molecule has 1 fully saturated rings. The topological polar surface area (TPSA) is 66.9 Å². The molecule has 1 aliphatic rings. The molecule has 1 aliphatic heterocycles. The first-order valence-electron chi connectivity index (χ1n) is 8.70. The molecule has 1 heterocycles. The standard InChI is InChI=1S/C18H28N2O4S/c1-5-15-7-9-16(10-8-15)25(22,23)20-12-6-11-19(13-14-20)17(21)24-18(2,3)4/h7-10H,5-6,11-14H2,1-4H3. The fraction of sp³-hybridized carbons (Fsp3) is 0.611. The first-order valence-corrected chi connectivity index (χ1v) is 10.1. The van der Waals surface area contributed by atoms with Crippen LogP contribution in [-0.2, 0) is 21.2 Å². The maximum absolute atomic E-state index is 12.8. The number of hydrogen-bond acceptors (Lipinski definition) is 4. The number of carbonyl (C=O) groups is 1. The van der Waals surface area contributed by atoms with Gasteiger partial charge in [-0.25, -0.2) is 13.2 Å². The van der Waals surface area contributed by atoms with Crippen molar-refractivity contribution in [2.45, 2.75) is 51.0 Å². The quantitative estimate of drug-likeness (QED) is 0.823. The molecule has 1 saturated heterocycles. The van der Waals surface area contributed by atoms with Crippen molar-refractivity contribution in [3.8, 4) is 0 Å². The second kappa shape index (κ2) is 7.74. The Hall–Kier alpha value is -1.60. The van der Waals surface area contributed by atoms with Gasteiger partial charge in [-0.2, -0.15) is 4.31 Å². The number of nitrogens with zero attached hydrogens (tertiary/aromatic N) is 2. The monoisotopic (exact) mass is 368 g/mol. The SMILES string of the molecule is CCc1ccc(S(=O)(=O)N2CCCN(C(=O)OC(C)(C)C)CC2)cc1. The maximum Gasteiger partial charge on any atom is 0.410 e. The first kappa shape index (κ1) is 19.7. The van der Waals surface area contributed by atoms with Gasteiger partial charge >= 0.3 is 6.09 Å². The molecule has 7 heteroatoms. The Morgan fingerprint density at radius 2 is 1.72 bits per heavy atom. The molecule has 0 aliphatic carbocycles. The molecule has 0 N–H and O–H groups in total. The summed E-state index contributed by atoms with van der Waals surface area (Å²) in [6.45, 7) is 8.99. The highest BCUT2D eigenvalue weighted by atomic mass is 32.2. The van der Waals surface area contributed by atoms with Gasteiger partial charge in [0.2, 0.25) is 10.0 Å². The Bertz CT molecular complexity index is 693. The molecule has 0 bridgehead atoms. The zero-order valence-electron chi connectivity index (χ0n) is 15.5. The molecule has 1 aromatic rings. The van der Waals surface area contributed by atoms with Gasteiger partial charge in [0.15, 0.2) is 0 Å². The van der Waals surface area contributed by atoms with Crippen molar-refractivity contribution in [3.05, 3.63) is 29.8 Å². The first-order chi connectivity index (χ1) is 11.6. The molecule has 0 atom stereocenters. The largest absolute Gasteiger partial charge is 0.444 e. The van der Waals surface area contributed by atoms with Gasteiger partial charge in [-0.3, -0.25) is 0 Å². The van der Waals surface area contributed by atoms with E-state index in [2.05, 4.69) is 0 Å². The second-order valence-electron chi connectivity index (χ2n) is 7.22. The smallest absolute Gasteiger partial charge is 0.410 e. The number of hydrogen-bond donors (Lipinski definition) is 0. The van der Waals surface area contributed by atoms with Gasteiger partial charge in [-0.05, 0) is 51.3 Å². The van der Waals surface area contributed by atoms with E-state index in [-0.39, 0.29) is 12.6 Å². The third-order valence-electron chi connectivity index (χ3n) is 4.08. The Morgan fingerprint density at radius 3 is 2.28 bits per heavy atom. The molecule has 1 amide bonds. The summed E-state index contributed by atoms with van der Waals surface area (Å²) in [5, 5.41) is 0. The molecule has 0 aromatic heterocycles. The van der Waals surface area contributed by atoms with Gasteiger partial charge in [-0.1, -0.05) is 19.1 Å². The summed E-state index contributed by atoms with van der Waals surface area (Å²) in [6, 6.07) is 7.00. The second-order valence-corrected chi connectivity index (χ2v) is 9.16. The zero-order chi connectivity index (χ0) is 18.7. The number of sulfonamides is 1. The molecule has 2 rings (SSSR count). The lowest BCUT2D eigenvalue weighted by Crippen LogP contribution is -2.40.